The number of aliphatic carboxylic acids is 1. The van der Waals surface area contributed by atoms with Gasteiger partial charge in [0.25, 0.3) is 0 Å². The summed E-state index contributed by atoms with van der Waals surface area (Å²) in [6.07, 6.45) is 0.223. The lowest BCUT2D eigenvalue weighted by molar-refractivity contribution is -0.137. The number of carbonyl (C=O) groups is 3. The van der Waals surface area contributed by atoms with Gasteiger partial charge < -0.3 is 20.6 Å². The number of aromatic carboxylic acids is 2. The molecule has 0 spiro atoms. The largest absolute Gasteiger partial charge is 0.480 e. The van der Waals surface area contributed by atoms with Crippen molar-refractivity contribution in [1.82, 2.24) is 4.98 Å². The molecule has 1 aromatic heterocycles. The molecule has 1 atom stereocenters. The van der Waals surface area contributed by atoms with Crippen LogP contribution in [0.4, 0.5) is 5.69 Å². The van der Waals surface area contributed by atoms with E-state index in [0.29, 0.717) is 11.3 Å². The van der Waals surface area contributed by atoms with E-state index in [1.165, 1.54) is 6.07 Å². The smallest absolute Gasteiger partial charge is 0.354 e. The van der Waals surface area contributed by atoms with Crippen molar-refractivity contribution >= 4 is 34.5 Å². The fraction of sp³-hybridized carbons (Fsp3) is 0.143. The van der Waals surface area contributed by atoms with Gasteiger partial charge in [-0.15, -0.1) is 0 Å². The lowest BCUT2D eigenvalue weighted by Crippen LogP contribution is -2.26. The third kappa shape index (κ3) is 2.01. The van der Waals surface area contributed by atoms with E-state index in [1.54, 1.807) is 6.07 Å². The number of fused-ring (bicyclic) bond motifs is 3. The highest BCUT2D eigenvalue weighted by Gasteiger charge is 2.30. The van der Waals surface area contributed by atoms with Gasteiger partial charge >= 0.3 is 17.9 Å². The Morgan fingerprint density at radius 2 is 1.86 bits per heavy atom. The van der Waals surface area contributed by atoms with Crippen molar-refractivity contribution in [3.8, 4) is 0 Å². The van der Waals surface area contributed by atoms with Crippen LogP contribution in [0.25, 0.3) is 10.9 Å². The first-order valence-corrected chi connectivity index (χ1v) is 6.31. The van der Waals surface area contributed by atoms with Crippen LogP contribution in [-0.4, -0.2) is 44.3 Å². The molecule has 0 bridgehead atoms. The fourth-order valence-corrected chi connectivity index (χ4v) is 2.58. The van der Waals surface area contributed by atoms with Crippen molar-refractivity contribution in [2.75, 3.05) is 5.32 Å². The van der Waals surface area contributed by atoms with E-state index in [1.807, 2.05) is 0 Å². The number of rotatable bonds is 3. The molecule has 3 rings (SSSR count). The van der Waals surface area contributed by atoms with Crippen LogP contribution in [0, 0.1) is 0 Å². The SMILES string of the molecule is O=C(O)c1cc(C(=O)O)c2c3c(ccc2n1)CC(C(=O)O)N3. The molecule has 0 radical (unpaired) electrons. The van der Waals surface area contributed by atoms with Crippen molar-refractivity contribution in [2.45, 2.75) is 12.5 Å². The number of aromatic nitrogens is 1. The summed E-state index contributed by atoms with van der Waals surface area (Å²) >= 11 is 0. The number of nitrogens with zero attached hydrogens (tertiary/aromatic N) is 1. The minimum absolute atomic E-state index is 0.189. The van der Waals surface area contributed by atoms with Gasteiger partial charge in [0.2, 0.25) is 0 Å². The van der Waals surface area contributed by atoms with E-state index in [4.69, 9.17) is 10.2 Å². The highest BCUT2D eigenvalue weighted by atomic mass is 16.4. The molecule has 1 unspecified atom stereocenters. The van der Waals surface area contributed by atoms with Gasteiger partial charge in [-0.05, 0) is 17.7 Å². The summed E-state index contributed by atoms with van der Waals surface area (Å²) in [5, 5.41) is 30.4. The van der Waals surface area contributed by atoms with E-state index >= 15 is 0 Å². The Morgan fingerprint density at radius 3 is 2.45 bits per heavy atom. The Hall–Kier alpha value is -3.16. The second-order valence-corrected chi connectivity index (χ2v) is 4.90. The molecule has 0 saturated carbocycles. The van der Waals surface area contributed by atoms with Gasteiger partial charge in [-0.3, -0.25) is 0 Å². The fourth-order valence-electron chi connectivity index (χ4n) is 2.58. The normalized spacial score (nSPS) is 16.1. The molecule has 0 saturated heterocycles. The van der Waals surface area contributed by atoms with Gasteiger partial charge in [0.1, 0.15) is 11.7 Å². The van der Waals surface area contributed by atoms with Crippen molar-refractivity contribution in [2.24, 2.45) is 0 Å². The second kappa shape index (κ2) is 4.69. The Morgan fingerprint density at radius 1 is 1.14 bits per heavy atom. The third-order valence-corrected chi connectivity index (χ3v) is 3.55. The minimum atomic E-state index is -1.33. The molecule has 1 aromatic carbocycles. The number of hydrogen-bond acceptors (Lipinski definition) is 5. The molecule has 1 aliphatic heterocycles. The maximum Gasteiger partial charge on any atom is 0.354 e. The number of anilines is 1. The molecule has 22 heavy (non-hydrogen) atoms. The average Bonchev–Trinajstić information content (AvgIpc) is 2.90. The topological polar surface area (TPSA) is 137 Å². The molecule has 1 aliphatic rings. The van der Waals surface area contributed by atoms with Crippen molar-refractivity contribution < 1.29 is 29.7 Å². The van der Waals surface area contributed by atoms with Crippen LogP contribution in [0.3, 0.4) is 0 Å². The lowest BCUT2D eigenvalue weighted by Gasteiger charge is -2.10. The predicted octanol–water partition coefficient (Wildman–Crippen LogP) is 1.05. The Bertz CT molecular complexity index is 845. The maximum atomic E-state index is 11.4. The number of nitrogens with one attached hydrogen (secondary N) is 1. The van der Waals surface area contributed by atoms with Crippen LogP contribution < -0.4 is 5.32 Å². The van der Waals surface area contributed by atoms with Crippen molar-refractivity contribution in [1.29, 1.82) is 0 Å². The average molecular weight is 302 g/mol. The van der Waals surface area contributed by atoms with E-state index < -0.39 is 23.9 Å². The predicted molar refractivity (Wildman–Crippen MR) is 74.4 cm³/mol. The summed E-state index contributed by atoms with van der Waals surface area (Å²) in [5.41, 5.74) is 0.629. The zero-order chi connectivity index (χ0) is 16.0. The van der Waals surface area contributed by atoms with E-state index in [2.05, 4.69) is 10.3 Å². The summed E-state index contributed by atoms with van der Waals surface area (Å²) < 4.78 is 0. The van der Waals surface area contributed by atoms with Gasteiger partial charge in [0, 0.05) is 17.5 Å². The molecule has 8 heteroatoms. The van der Waals surface area contributed by atoms with E-state index in [9.17, 15) is 19.5 Å². The molecule has 2 aromatic rings. The van der Waals surface area contributed by atoms with Crippen LogP contribution in [0.2, 0.25) is 0 Å². The summed E-state index contributed by atoms with van der Waals surface area (Å²) in [4.78, 5) is 37.5. The van der Waals surface area contributed by atoms with E-state index in [-0.39, 0.29) is 28.6 Å². The zero-order valence-electron chi connectivity index (χ0n) is 11.0. The monoisotopic (exact) mass is 302 g/mol. The van der Waals surface area contributed by atoms with Crippen molar-refractivity contribution in [3.05, 3.63) is 35.0 Å². The van der Waals surface area contributed by atoms with Crippen LogP contribution >= 0.6 is 0 Å². The van der Waals surface area contributed by atoms with Crippen LogP contribution in [0.5, 0.6) is 0 Å². The number of benzene rings is 1. The third-order valence-electron chi connectivity index (χ3n) is 3.55. The van der Waals surface area contributed by atoms with Crippen LogP contribution in [-0.2, 0) is 11.2 Å². The summed E-state index contributed by atoms with van der Waals surface area (Å²) in [6.45, 7) is 0. The minimum Gasteiger partial charge on any atom is -0.480 e. The number of carboxylic acid groups (broad SMARTS) is 3. The molecule has 112 valence electrons. The first-order valence-electron chi connectivity index (χ1n) is 6.31. The molecule has 0 fully saturated rings. The van der Waals surface area contributed by atoms with Gasteiger partial charge in [-0.1, -0.05) is 6.07 Å². The number of pyridine rings is 1. The van der Waals surface area contributed by atoms with Gasteiger partial charge in [-0.2, -0.15) is 0 Å². The maximum absolute atomic E-state index is 11.4. The standard InChI is InChI=1S/C14H10N2O6/c17-12(18)6-4-9(14(21)22)15-7-2-1-5-3-8(13(19)20)16-11(5)10(6)7/h1-2,4,8,16H,3H2,(H,17,18)(H,19,20)(H,21,22). The van der Waals surface area contributed by atoms with Crippen LogP contribution in [0.1, 0.15) is 26.4 Å². The molecular formula is C14H10N2O6. The zero-order valence-corrected chi connectivity index (χ0v) is 11.0. The molecular weight excluding hydrogens is 292 g/mol. The molecule has 2 heterocycles. The highest BCUT2D eigenvalue weighted by Crippen LogP contribution is 2.35. The molecule has 0 amide bonds. The summed E-state index contributed by atoms with van der Waals surface area (Å²) in [5.74, 6) is -3.68. The Kier molecular flexibility index (Phi) is 2.94. The van der Waals surface area contributed by atoms with Gasteiger partial charge in [0.15, 0.2) is 0 Å². The highest BCUT2D eigenvalue weighted by molar-refractivity contribution is 6.11. The molecule has 8 nitrogen and oxygen atoms in total. The van der Waals surface area contributed by atoms with Gasteiger partial charge in [-0.25, -0.2) is 19.4 Å². The Balaban J connectivity index is 2.30. The lowest BCUT2D eigenvalue weighted by atomic mass is 10.0. The van der Waals surface area contributed by atoms with E-state index in [0.717, 1.165) is 6.07 Å². The first-order chi connectivity index (χ1) is 10.4. The molecule has 4 N–H and O–H groups in total. The summed E-state index contributed by atoms with van der Waals surface area (Å²) in [7, 11) is 0. The summed E-state index contributed by atoms with van der Waals surface area (Å²) in [6, 6.07) is 3.25. The Labute approximate surface area is 123 Å². The van der Waals surface area contributed by atoms with Crippen LogP contribution in [0.15, 0.2) is 18.2 Å². The first kappa shape index (κ1) is 13.8. The quantitative estimate of drug-likeness (QED) is 0.660. The molecule has 0 aliphatic carbocycles. The van der Waals surface area contributed by atoms with Gasteiger partial charge in [0.05, 0.1) is 11.1 Å². The number of hydrogen-bond donors (Lipinski definition) is 4. The second-order valence-electron chi connectivity index (χ2n) is 4.90. The number of carboxylic acids is 3. The van der Waals surface area contributed by atoms with Crippen molar-refractivity contribution in [3.63, 3.8) is 0 Å².